The maximum atomic E-state index is 11.3. The molecule has 2 nitrogen and oxygen atoms in total. The van der Waals surface area contributed by atoms with Crippen LogP contribution in [0, 0.1) is 16.7 Å². The van der Waals surface area contributed by atoms with Gasteiger partial charge in [-0.3, -0.25) is 4.79 Å². The van der Waals surface area contributed by atoms with Crippen LogP contribution in [0.3, 0.4) is 0 Å². The van der Waals surface area contributed by atoms with Crippen LogP contribution in [-0.4, -0.2) is 11.4 Å². The molecule has 3 heteroatoms. The second kappa shape index (κ2) is 4.84. The van der Waals surface area contributed by atoms with Crippen molar-refractivity contribution in [1.29, 1.82) is 0 Å². The molecular formula is C11H16BrNO. The molecule has 0 aromatic rings. The summed E-state index contributed by atoms with van der Waals surface area (Å²) in [7, 11) is 0. The summed E-state index contributed by atoms with van der Waals surface area (Å²) in [6.45, 7) is 4.31. The van der Waals surface area contributed by atoms with Gasteiger partial charge in [-0.05, 0) is 30.5 Å². The number of hydrogen-bond acceptors (Lipinski definition) is 1. The van der Waals surface area contributed by atoms with E-state index in [1.54, 1.807) is 0 Å². The molecule has 2 atom stereocenters. The molecule has 1 amide bonds. The summed E-state index contributed by atoms with van der Waals surface area (Å²) in [6.07, 6.45) is 4.72. The van der Waals surface area contributed by atoms with E-state index in [4.69, 9.17) is 0 Å². The van der Waals surface area contributed by atoms with E-state index in [1.165, 1.54) is 19.3 Å². The normalized spacial score (nSPS) is 31.5. The summed E-state index contributed by atoms with van der Waals surface area (Å²) in [6, 6.07) is 0. The molecule has 1 rings (SSSR count). The molecule has 1 aliphatic rings. The Morgan fingerprint density at radius 3 is 2.86 bits per heavy atom. The Labute approximate surface area is 94.0 Å². The third kappa shape index (κ3) is 2.75. The summed E-state index contributed by atoms with van der Waals surface area (Å²) in [5.41, 5.74) is -0.0633. The predicted octanol–water partition coefficient (Wildman–Crippen LogP) is 2.43. The van der Waals surface area contributed by atoms with E-state index < -0.39 is 0 Å². The highest BCUT2D eigenvalue weighted by molar-refractivity contribution is 9.12. The quantitative estimate of drug-likeness (QED) is 0.719. The Morgan fingerprint density at radius 2 is 2.29 bits per heavy atom. The van der Waals surface area contributed by atoms with E-state index >= 15 is 0 Å². The Bertz CT molecular complexity index is 279. The Morgan fingerprint density at radius 1 is 1.57 bits per heavy atom. The molecular weight excluding hydrogens is 242 g/mol. The summed E-state index contributed by atoms with van der Waals surface area (Å²) in [5, 5.41) is 3.00. The van der Waals surface area contributed by atoms with Gasteiger partial charge < -0.3 is 5.32 Å². The first-order valence-electron chi connectivity index (χ1n) is 5.02. The van der Waals surface area contributed by atoms with Gasteiger partial charge in [0, 0.05) is 27.4 Å². The third-order valence-corrected chi connectivity index (χ3v) is 3.43. The van der Waals surface area contributed by atoms with Gasteiger partial charge in [-0.2, -0.15) is 0 Å². The number of amides is 1. The van der Waals surface area contributed by atoms with Crippen LogP contribution in [0.1, 0.15) is 39.5 Å². The summed E-state index contributed by atoms with van der Waals surface area (Å²) >= 11 is 2.93. The predicted molar refractivity (Wildman–Crippen MR) is 60.9 cm³/mol. The number of halogens is 1. The standard InChI is InChI=1S/C11H16BrNO/c1-9-5-3-4-7-11(9,2)13-10(14)6-8-12/h9H,3-5,7H2,1-2H3,(H,13,14). The van der Waals surface area contributed by atoms with Gasteiger partial charge >= 0.3 is 0 Å². The zero-order valence-electron chi connectivity index (χ0n) is 8.69. The minimum atomic E-state index is -0.182. The van der Waals surface area contributed by atoms with Crippen LogP contribution in [0.5, 0.6) is 0 Å². The number of nitrogens with one attached hydrogen (secondary N) is 1. The zero-order chi connectivity index (χ0) is 10.6. The van der Waals surface area contributed by atoms with Crippen molar-refractivity contribution in [3.05, 3.63) is 0 Å². The lowest BCUT2D eigenvalue weighted by atomic mass is 9.75. The van der Waals surface area contributed by atoms with Crippen molar-refractivity contribution < 1.29 is 4.79 Å². The molecule has 1 N–H and O–H groups in total. The van der Waals surface area contributed by atoms with Crippen LogP contribution in [0.2, 0.25) is 0 Å². The largest absolute Gasteiger partial charge is 0.340 e. The maximum Gasteiger partial charge on any atom is 0.297 e. The third-order valence-electron chi connectivity index (χ3n) is 3.23. The molecule has 0 radical (unpaired) electrons. The fourth-order valence-corrected chi connectivity index (χ4v) is 2.21. The first kappa shape index (κ1) is 11.6. The van der Waals surface area contributed by atoms with Crippen LogP contribution in [0.25, 0.3) is 0 Å². The molecule has 0 aliphatic heterocycles. The number of carbonyl (C=O) groups excluding carboxylic acids is 1. The van der Waals surface area contributed by atoms with Gasteiger partial charge in [0.05, 0.1) is 0 Å². The van der Waals surface area contributed by atoms with Crippen LogP contribution >= 0.6 is 15.9 Å². The second-order valence-electron chi connectivity index (χ2n) is 4.24. The summed E-state index contributed by atoms with van der Waals surface area (Å²) < 4.78 is 0. The molecule has 1 saturated carbocycles. The Balaban J connectivity index is 2.62. The molecule has 0 saturated heterocycles. The van der Waals surface area contributed by atoms with Crippen LogP contribution in [-0.2, 0) is 4.79 Å². The Kier molecular flexibility index (Phi) is 4.00. The van der Waals surface area contributed by atoms with E-state index in [2.05, 4.69) is 45.8 Å². The van der Waals surface area contributed by atoms with Crippen LogP contribution in [0.4, 0.5) is 0 Å². The molecule has 14 heavy (non-hydrogen) atoms. The molecule has 0 aromatic heterocycles. The highest BCUT2D eigenvalue weighted by atomic mass is 79.9. The van der Waals surface area contributed by atoms with Gasteiger partial charge in [-0.25, -0.2) is 0 Å². The summed E-state index contributed by atoms with van der Waals surface area (Å²) in [4.78, 5) is 13.8. The highest BCUT2D eigenvalue weighted by Gasteiger charge is 2.34. The van der Waals surface area contributed by atoms with Crippen molar-refractivity contribution in [3.8, 4) is 10.8 Å². The number of carbonyl (C=O) groups is 1. The van der Waals surface area contributed by atoms with Crippen molar-refractivity contribution >= 4 is 21.8 Å². The fraction of sp³-hybridized carbons (Fsp3) is 0.727. The molecule has 2 unspecified atom stereocenters. The van der Waals surface area contributed by atoms with Crippen molar-refractivity contribution in [1.82, 2.24) is 5.32 Å². The van der Waals surface area contributed by atoms with Crippen molar-refractivity contribution in [3.63, 3.8) is 0 Å². The minimum Gasteiger partial charge on any atom is -0.340 e. The first-order chi connectivity index (χ1) is 6.58. The van der Waals surface area contributed by atoms with Crippen molar-refractivity contribution in [2.45, 2.75) is 45.1 Å². The second-order valence-corrected chi connectivity index (χ2v) is 4.63. The van der Waals surface area contributed by atoms with E-state index in [-0.39, 0.29) is 11.4 Å². The average Bonchev–Trinajstić information content (AvgIpc) is 2.10. The highest BCUT2D eigenvalue weighted by Crippen LogP contribution is 2.32. The van der Waals surface area contributed by atoms with E-state index in [0.717, 1.165) is 6.42 Å². The van der Waals surface area contributed by atoms with E-state index in [0.29, 0.717) is 5.92 Å². The zero-order valence-corrected chi connectivity index (χ0v) is 10.3. The average molecular weight is 258 g/mol. The molecule has 0 spiro atoms. The van der Waals surface area contributed by atoms with Gasteiger partial charge in [0.1, 0.15) is 0 Å². The fourth-order valence-electron chi connectivity index (χ4n) is 2.03. The SMILES string of the molecule is CC1CCCCC1(C)NC(=O)C#CBr. The minimum absolute atomic E-state index is 0.0633. The van der Waals surface area contributed by atoms with Crippen LogP contribution in [0.15, 0.2) is 0 Å². The molecule has 1 aliphatic carbocycles. The number of hydrogen-bond donors (Lipinski definition) is 1. The van der Waals surface area contributed by atoms with Gasteiger partial charge in [0.15, 0.2) is 0 Å². The van der Waals surface area contributed by atoms with E-state index in [9.17, 15) is 4.79 Å². The molecule has 1 fully saturated rings. The van der Waals surface area contributed by atoms with Gasteiger partial charge in [0.25, 0.3) is 5.91 Å². The lowest BCUT2D eigenvalue weighted by Gasteiger charge is -2.39. The van der Waals surface area contributed by atoms with Crippen molar-refractivity contribution in [2.24, 2.45) is 5.92 Å². The first-order valence-corrected chi connectivity index (χ1v) is 5.81. The maximum absolute atomic E-state index is 11.3. The molecule has 0 bridgehead atoms. The topological polar surface area (TPSA) is 29.1 Å². The van der Waals surface area contributed by atoms with Gasteiger partial charge in [0.2, 0.25) is 0 Å². The smallest absolute Gasteiger partial charge is 0.297 e. The monoisotopic (exact) mass is 257 g/mol. The van der Waals surface area contributed by atoms with Crippen LogP contribution < -0.4 is 5.32 Å². The van der Waals surface area contributed by atoms with Crippen molar-refractivity contribution in [2.75, 3.05) is 0 Å². The van der Waals surface area contributed by atoms with E-state index in [1.807, 2.05) is 0 Å². The lowest BCUT2D eigenvalue weighted by Crippen LogP contribution is -2.51. The van der Waals surface area contributed by atoms with Gasteiger partial charge in [-0.1, -0.05) is 19.8 Å². The lowest BCUT2D eigenvalue weighted by molar-refractivity contribution is -0.118. The van der Waals surface area contributed by atoms with Gasteiger partial charge in [-0.15, -0.1) is 0 Å². The Hall–Kier alpha value is -0.490. The molecule has 0 aromatic carbocycles. The summed E-state index contributed by atoms with van der Waals surface area (Å²) in [5.74, 6) is 2.81. The molecule has 78 valence electrons. The molecule has 0 heterocycles. The number of rotatable bonds is 1.